The Morgan fingerprint density at radius 3 is 2.55 bits per heavy atom. The minimum atomic E-state index is 0.382. The summed E-state index contributed by atoms with van der Waals surface area (Å²) in [6, 6.07) is 4.51. The fourth-order valence-electron chi connectivity index (χ4n) is 2.73. The Balaban J connectivity index is 2.31. The van der Waals surface area contributed by atoms with E-state index in [9.17, 15) is 0 Å². The van der Waals surface area contributed by atoms with Gasteiger partial charge in [-0.05, 0) is 37.9 Å². The van der Waals surface area contributed by atoms with Crippen LogP contribution in [0.5, 0.6) is 0 Å². The molecular formula is C16H24N4. The third kappa shape index (κ3) is 3.31. The fourth-order valence-corrected chi connectivity index (χ4v) is 2.73. The van der Waals surface area contributed by atoms with Crippen LogP contribution in [-0.2, 0) is 0 Å². The molecule has 0 aromatic carbocycles. The summed E-state index contributed by atoms with van der Waals surface area (Å²) < 4.78 is 0. The minimum Gasteiger partial charge on any atom is -0.314 e. The molecular weight excluding hydrogens is 248 g/mol. The number of hydrogen-bond acceptors (Lipinski definition) is 4. The lowest BCUT2D eigenvalue weighted by Gasteiger charge is -2.28. The molecule has 2 unspecified atom stereocenters. The first-order chi connectivity index (χ1) is 9.63. The zero-order valence-electron chi connectivity index (χ0n) is 12.8. The largest absolute Gasteiger partial charge is 0.314 e. The normalized spacial score (nSPS) is 14.7. The van der Waals surface area contributed by atoms with Crippen LogP contribution in [0, 0.1) is 5.92 Å². The Morgan fingerprint density at radius 1 is 1.10 bits per heavy atom. The van der Waals surface area contributed by atoms with E-state index in [-0.39, 0.29) is 0 Å². The molecule has 2 aromatic heterocycles. The number of pyridine rings is 1. The van der Waals surface area contributed by atoms with E-state index >= 15 is 0 Å². The van der Waals surface area contributed by atoms with E-state index in [1.807, 2.05) is 6.07 Å². The second-order valence-corrected chi connectivity index (χ2v) is 5.65. The SMILES string of the molecule is CCCNC(C)C(c1ccc2nccnc2n1)C(C)C. The lowest BCUT2D eigenvalue weighted by atomic mass is 9.86. The topological polar surface area (TPSA) is 50.7 Å². The van der Waals surface area contributed by atoms with Gasteiger partial charge in [0, 0.05) is 30.0 Å². The van der Waals surface area contributed by atoms with Gasteiger partial charge >= 0.3 is 0 Å². The molecule has 2 atom stereocenters. The molecule has 2 aromatic rings. The monoisotopic (exact) mass is 272 g/mol. The van der Waals surface area contributed by atoms with Gasteiger partial charge in [-0.3, -0.25) is 4.98 Å². The van der Waals surface area contributed by atoms with Crippen LogP contribution in [0.4, 0.5) is 0 Å². The molecule has 0 fully saturated rings. The lowest BCUT2D eigenvalue weighted by molar-refractivity contribution is 0.372. The molecule has 4 heteroatoms. The van der Waals surface area contributed by atoms with Gasteiger partial charge in [0.25, 0.3) is 0 Å². The first-order valence-electron chi connectivity index (χ1n) is 7.44. The number of aromatic nitrogens is 3. The van der Waals surface area contributed by atoms with Crippen LogP contribution < -0.4 is 5.32 Å². The van der Waals surface area contributed by atoms with Crippen molar-refractivity contribution in [2.45, 2.75) is 46.1 Å². The van der Waals surface area contributed by atoms with Crippen LogP contribution >= 0.6 is 0 Å². The summed E-state index contributed by atoms with van der Waals surface area (Å²) in [5.41, 5.74) is 2.69. The Labute approximate surface area is 121 Å². The summed E-state index contributed by atoms with van der Waals surface area (Å²) in [4.78, 5) is 13.3. The van der Waals surface area contributed by atoms with Crippen molar-refractivity contribution in [3.63, 3.8) is 0 Å². The molecule has 2 heterocycles. The highest BCUT2D eigenvalue weighted by Crippen LogP contribution is 2.27. The first kappa shape index (κ1) is 14.9. The van der Waals surface area contributed by atoms with Crippen molar-refractivity contribution in [3.05, 3.63) is 30.2 Å². The van der Waals surface area contributed by atoms with E-state index in [2.05, 4.69) is 49.0 Å². The molecule has 108 valence electrons. The van der Waals surface area contributed by atoms with Crippen molar-refractivity contribution in [2.75, 3.05) is 6.54 Å². The van der Waals surface area contributed by atoms with Gasteiger partial charge in [-0.1, -0.05) is 20.8 Å². The van der Waals surface area contributed by atoms with E-state index in [0.717, 1.165) is 29.8 Å². The van der Waals surface area contributed by atoms with Gasteiger partial charge in [-0.15, -0.1) is 0 Å². The highest BCUT2D eigenvalue weighted by molar-refractivity contribution is 5.69. The quantitative estimate of drug-likeness (QED) is 0.877. The highest BCUT2D eigenvalue weighted by Gasteiger charge is 2.24. The number of fused-ring (bicyclic) bond motifs is 1. The van der Waals surface area contributed by atoms with Crippen LogP contribution in [0.15, 0.2) is 24.5 Å². The number of nitrogens with one attached hydrogen (secondary N) is 1. The van der Waals surface area contributed by atoms with Crippen LogP contribution in [0.25, 0.3) is 11.2 Å². The van der Waals surface area contributed by atoms with Gasteiger partial charge in [-0.25, -0.2) is 9.97 Å². The standard InChI is InChI=1S/C16H24N4/c1-5-8-17-12(4)15(11(2)3)13-6-7-14-16(20-13)19-10-9-18-14/h6-7,9-12,15,17H,5,8H2,1-4H3. The molecule has 0 saturated carbocycles. The molecule has 0 bridgehead atoms. The van der Waals surface area contributed by atoms with Crippen LogP contribution in [-0.4, -0.2) is 27.5 Å². The van der Waals surface area contributed by atoms with Crippen molar-refractivity contribution in [1.29, 1.82) is 0 Å². The van der Waals surface area contributed by atoms with Crippen molar-refractivity contribution < 1.29 is 0 Å². The predicted octanol–water partition coefficient (Wildman–Crippen LogP) is 3.15. The zero-order chi connectivity index (χ0) is 14.5. The average Bonchev–Trinajstić information content (AvgIpc) is 2.44. The molecule has 0 radical (unpaired) electrons. The smallest absolute Gasteiger partial charge is 0.178 e. The highest BCUT2D eigenvalue weighted by atomic mass is 14.9. The van der Waals surface area contributed by atoms with Crippen LogP contribution in [0.1, 0.15) is 45.7 Å². The molecule has 2 rings (SSSR count). The van der Waals surface area contributed by atoms with E-state index in [0.29, 0.717) is 17.9 Å². The molecule has 0 aliphatic carbocycles. The molecule has 0 aliphatic heterocycles. The maximum atomic E-state index is 4.71. The van der Waals surface area contributed by atoms with Gasteiger partial charge in [0.1, 0.15) is 5.52 Å². The second-order valence-electron chi connectivity index (χ2n) is 5.65. The molecule has 0 saturated heterocycles. The van der Waals surface area contributed by atoms with Gasteiger partial charge in [0.2, 0.25) is 0 Å². The number of rotatable bonds is 6. The van der Waals surface area contributed by atoms with Crippen LogP contribution in [0.3, 0.4) is 0 Å². The third-order valence-electron chi connectivity index (χ3n) is 3.67. The third-order valence-corrected chi connectivity index (χ3v) is 3.67. The van der Waals surface area contributed by atoms with E-state index < -0.39 is 0 Å². The zero-order valence-corrected chi connectivity index (χ0v) is 12.8. The van der Waals surface area contributed by atoms with E-state index in [1.54, 1.807) is 12.4 Å². The molecule has 1 N–H and O–H groups in total. The van der Waals surface area contributed by atoms with Crippen molar-refractivity contribution in [1.82, 2.24) is 20.3 Å². The predicted molar refractivity (Wildman–Crippen MR) is 82.7 cm³/mol. The van der Waals surface area contributed by atoms with Gasteiger partial charge in [0.05, 0.1) is 0 Å². The van der Waals surface area contributed by atoms with Crippen molar-refractivity contribution >= 4 is 11.2 Å². The minimum absolute atomic E-state index is 0.382. The summed E-state index contributed by atoms with van der Waals surface area (Å²) >= 11 is 0. The molecule has 0 spiro atoms. The lowest BCUT2D eigenvalue weighted by Crippen LogP contribution is -2.35. The fraction of sp³-hybridized carbons (Fsp3) is 0.562. The van der Waals surface area contributed by atoms with E-state index in [4.69, 9.17) is 4.98 Å². The average molecular weight is 272 g/mol. The number of hydrogen-bond donors (Lipinski definition) is 1. The second kappa shape index (κ2) is 6.75. The summed E-state index contributed by atoms with van der Waals surface area (Å²) in [6.45, 7) is 9.96. The van der Waals surface area contributed by atoms with Gasteiger partial charge < -0.3 is 5.32 Å². The molecule has 0 amide bonds. The summed E-state index contributed by atoms with van der Waals surface area (Å²) in [5, 5.41) is 3.58. The first-order valence-corrected chi connectivity index (χ1v) is 7.44. The Hall–Kier alpha value is -1.55. The summed E-state index contributed by atoms with van der Waals surface area (Å²) in [7, 11) is 0. The van der Waals surface area contributed by atoms with Gasteiger partial charge in [0.15, 0.2) is 5.65 Å². The van der Waals surface area contributed by atoms with Crippen molar-refractivity contribution in [2.24, 2.45) is 5.92 Å². The Bertz CT molecular complexity index is 553. The Kier molecular flexibility index (Phi) is 5.01. The number of nitrogens with zero attached hydrogens (tertiary/aromatic N) is 3. The van der Waals surface area contributed by atoms with Crippen molar-refractivity contribution in [3.8, 4) is 0 Å². The maximum absolute atomic E-state index is 4.71. The molecule has 20 heavy (non-hydrogen) atoms. The summed E-state index contributed by atoms with van der Waals surface area (Å²) in [6.07, 6.45) is 4.54. The van der Waals surface area contributed by atoms with Gasteiger partial charge in [-0.2, -0.15) is 0 Å². The maximum Gasteiger partial charge on any atom is 0.178 e. The van der Waals surface area contributed by atoms with Crippen LogP contribution in [0.2, 0.25) is 0 Å². The summed E-state index contributed by atoms with van der Waals surface area (Å²) in [5.74, 6) is 0.906. The Morgan fingerprint density at radius 2 is 1.85 bits per heavy atom. The molecule has 4 nitrogen and oxygen atoms in total. The molecule has 0 aliphatic rings. The van der Waals surface area contributed by atoms with E-state index in [1.165, 1.54) is 0 Å².